The normalized spacial score (nSPS) is 10.9. The number of rotatable bonds is 4. The van der Waals surface area contributed by atoms with E-state index in [0.717, 1.165) is 16.5 Å². The number of carboxylic acids is 1. The molecule has 0 saturated carbocycles. The lowest BCUT2D eigenvalue weighted by atomic mass is 10.2. The first-order valence-corrected chi connectivity index (χ1v) is 6.97. The SMILES string of the molecule is O=C(O)c1sccc1Cn1ccc2cc([N+](=O)[O-])ccc21. The van der Waals surface area contributed by atoms with Gasteiger partial charge >= 0.3 is 5.97 Å². The summed E-state index contributed by atoms with van der Waals surface area (Å²) in [4.78, 5) is 21.8. The third-order valence-electron chi connectivity index (χ3n) is 3.25. The first kappa shape index (κ1) is 13.3. The van der Waals surface area contributed by atoms with Crippen molar-refractivity contribution in [2.24, 2.45) is 0 Å². The summed E-state index contributed by atoms with van der Waals surface area (Å²) in [7, 11) is 0. The molecule has 0 aliphatic carbocycles. The third kappa shape index (κ3) is 2.38. The Hall–Kier alpha value is -2.67. The van der Waals surface area contributed by atoms with Crippen LogP contribution in [0.5, 0.6) is 0 Å². The molecule has 106 valence electrons. The Kier molecular flexibility index (Phi) is 3.19. The molecular weight excluding hydrogens is 292 g/mol. The highest BCUT2D eigenvalue weighted by Crippen LogP contribution is 2.24. The van der Waals surface area contributed by atoms with Crippen molar-refractivity contribution in [3.05, 3.63) is 62.5 Å². The molecular formula is C14H10N2O4S. The fraction of sp³-hybridized carbons (Fsp3) is 0.0714. The molecule has 2 heterocycles. The molecule has 0 atom stereocenters. The summed E-state index contributed by atoms with van der Waals surface area (Å²) in [6.07, 6.45) is 1.80. The van der Waals surface area contributed by atoms with Crippen LogP contribution in [-0.2, 0) is 6.54 Å². The second-order valence-electron chi connectivity index (χ2n) is 4.52. The molecule has 0 radical (unpaired) electrons. The van der Waals surface area contributed by atoms with Crippen LogP contribution < -0.4 is 0 Å². The highest BCUT2D eigenvalue weighted by Gasteiger charge is 2.14. The van der Waals surface area contributed by atoms with E-state index < -0.39 is 10.9 Å². The van der Waals surface area contributed by atoms with Gasteiger partial charge in [0.2, 0.25) is 0 Å². The Morgan fingerprint density at radius 1 is 1.33 bits per heavy atom. The predicted molar refractivity (Wildman–Crippen MR) is 79.0 cm³/mol. The van der Waals surface area contributed by atoms with Gasteiger partial charge in [-0.1, -0.05) is 0 Å². The maximum atomic E-state index is 11.1. The average molecular weight is 302 g/mol. The molecule has 2 aromatic heterocycles. The van der Waals surface area contributed by atoms with E-state index in [2.05, 4.69) is 0 Å². The highest BCUT2D eigenvalue weighted by molar-refractivity contribution is 7.12. The quantitative estimate of drug-likeness (QED) is 0.591. The zero-order valence-electron chi connectivity index (χ0n) is 10.7. The molecule has 0 unspecified atom stereocenters. The fourth-order valence-corrected chi connectivity index (χ4v) is 3.02. The van der Waals surface area contributed by atoms with Gasteiger partial charge in [-0.05, 0) is 29.1 Å². The molecule has 0 aliphatic heterocycles. The van der Waals surface area contributed by atoms with E-state index in [4.69, 9.17) is 5.11 Å². The zero-order valence-corrected chi connectivity index (χ0v) is 11.5. The van der Waals surface area contributed by atoms with E-state index in [1.54, 1.807) is 29.8 Å². The number of aromatic carboxylic acids is 1. The van der Waals surface area contributed by atoms with Crippen molar-refractivity contribution in [2.45, 2.75) is 6.54 Å². The molecule has 0 bridgehead atoms. The molecule has 0 amide bonds. The summed E-state index contributed by atoms with van der Waals surface area (Å²) in [6.45, 7) is 0.423. The van der Waals surface area contributed by atoms with Crippen LogP contribution in [0.4, 0.5) is 5.69 Å². The van der Waals surface area contributed by atoms with Gasteiger partial charge in [-0.3, -0.25) is 10.1 Å². The van der Waals surface area contributed by atoms with Gasteiger partial charge in [-0.15, -0.1) is 11.3 Å². The van der Waals surface area contributed by atoms with E-state index in [9.17, 15) is 14.9 Å². The van der Waals surface area contributed by atoms with E-state index in [1.165, 1.54) is 23.5 Å². The van der Waals surface area contributed by atoms with Gasteiger partial charge in [0, 0.05) is 35.8 Å². The molecule has 3 rings (SSSR count). The summed E-state index contributed by atoms with van der Waals surface area (Å²) >= 11 is 1.19. The Bertz CT molecular complexity index is 850. The number of carboxylic acid groups (broad SMARTS) is 1. The molecule has 6 nitrogen and oxygen atoms in total. The van der Waals surface area contributed by atoms with Crippen molar-refractivity contribution >= 4 is 33.9 Å². The maximum Gasteiger partial charge on any atom is 0.346 e. The topological polar surface area (TPSA) is 85.4 Å². The van der Waals surface area contributed by atoms with Crippen LogP contribution in [0.25, 0.3) is 10.9 Å². The Morgan fingerprint density at radius 3 is 2.86 bits per heavy atom. The van der Waals surface area contributed by atoms with E-state index >= 15 is 0 Å². The van der Waals surface area contributed by atoms with Crippen LogP contribution in [-0.4, -0.2) is 20.6 Å². The molecule has 7 heteroatoms. The number of carbonyl (C=O) groups is 1. The van der Waals surface area contributed by atoms with Gasteiger partial charge in [0.25, 0.3) is 5.69 Å². The number of nitro benzene ring substituents is 1. The molecule has 0 aliphatic rings. The van der Waals surface area contributed by atoms with Crippen molar-refractivity contribution in [2.75, 3.05) is 0 Å². The van der Waals surface area contributed by atoms with E-state index in [-0.39, 0.29) is 5.69 Å². The molecule has 1 N–H and O–H groups in total. The summed E-state index contributed by atoms with van der Waals surface area (Å²) in [5.74, 6) is -0.938. The minimum atomic E-state index is -0.938. The fourth-order valence-electron chi connectivity index (χ4n) is 2.27. The molecule has 3 aromatic rings. The standard InChI is InChI=1S/C14H10N2O4S/c17-14(18)13-10(4-6-21-13)8-15-5-3-9-7-11(16(19)20)1-2-12(9)15/h1-7H,8H2,(H,17,18). The van der Waals surface area contributed by atoms with Crippen LogP contribution in [0.2, 0.25) is 0 Å². The van der Waals surface area contributed by atoms with Gasteiger partial charge in [-0.25, -0.2) is 4.79 Å². The molecule has 0 fully saturated rings. The second-order valence-corrected chi connectivity index (χ2v) is 5.44. The van der Waals surface area contributed by atoms with E-state index in [0.29, 0.717) is 11.4 Å². The Morgan fingerprint density at radius 2 is 2.14 bits per heavy atom. The van der Waals surface area contributed by atoms with Crippen LogP contribution in [0.15, 0.2) is 41.9 Å². The number of nitrogens with zero attached hydrogens (tertiary/aromatic N) is 2. The highest BCUT2D eigenvalue weighted by atomic mass is 32.1. The number of thiophene rings is 1. The summed E-state index contributed by atoms with van der Waals surface area (Å²) in [5.41, 5.74) is 1.61. The first-order valence-electron chi connectivity index (χ1n) is 6.09. The van der Waals surface area contributed by atoms with Crippen LogP contribution in [0, 0.1) is 10.1 Å². The van der Waals surface area contributed by atoms with Crippen molar-refractivity contribution in [1.82, 2.24) is 4.57 Å². The Labute approximate surface area is 123 Å². The smallest absolute Gasteiger partial charge is 0.346 e. The molecule has 1 aromatic carbocycles. The number of non-ortho nitro benzene ring substituents is 1. The number of nitro groups is 1. The van der Waals surface area contributed by atoms with Gasteiger partial charge in [0.05, 0.1) is 4.92 Å². The van der Waals surface area contributed by atoms with Crippen molar-refractivity contribution in [1.29, 1.82) is 0 Å². The van der Waals surface area contributed by atoms with Crippen LogP contribution in [0.3, 0.4) is 0 Å². The number of fused-ring (bicyclic) bond motifs is 1. The van der Waals surface area contributed by atoms with E-state index in [1.807, 2.05) is 4.57 Å². The monoisotopic (exact) mass is 302 g/mol. The Balaban J connectivity index is 2.00. The van der Waals surface area contributed by atoms with Gasteiger partial charge in [0.15, 0.2) is 0 Å². The molecule has 21 heavy (non-hydrogen) atoms. The van der Waals surface area contributed by atoms with Crippen molar-refractivity contribution in [3.63, 3.8) is 0 Å². The van der Waals surface area contributed by atoms with Gasteiger partial charge in [-0.2, -0.15) is 0 Å². The lowest BCUT2D eigenvalue weighted by Crippen LogP contribution is -2.03. The summed E-state index contributed by atoms with van der Waals surface area (Å²) in [5, 5.41) is 22.4. The minimum absolute atomic E-state index is 0.0435. The van der Waals surface area contributed by atoms with Crippen molar-refractivity contribution in [3.8, 4) is 0 Å². The summed E-state index contributed by atoms with van der Waals surface area (Å²) in [6, 6.07) is 8.21. The maximum absolute atomic E-state index is 11.1. The first-order chi connectivity index (χ1) is 10.1. The second kappa shape index (κ2) is 5.02. The summed E-state index contributed by atoms with van der Waals surface area (Å²) < 4.78 is 1.88. The number of hydrogen-bond donors (Lipinski definition) is 1. The number of aromatic nitrogens is 1. The minimum Gasteiger partial charge on any atom is -0.477 e. The van der Waals surface area contributed by atoms with Crippen molar-refractivity contribution < 1.29 is 14.8 Å². The lowest BCUT2D eigenvalue weighted by Gasteiger charge is -2.05. The molecule has 0 spiro atoms. The van der Waals surface area contributed by atoms with Gasteiger partial charge in [0.1, 0.15) is 4.88 Å². The largest absolute Gasteiger partial charge is 0.477 e. The lowest BCUT2D eigenvalue weighted by molar-refractivity contribution is -0.384. The number of hydrogen-bond acceptors (Lipinski definition) is 4. The van der Waals surface area contributed by atoms with Crippen LogP contribution in [0.1, 0.15) is 15.2 Å². The van der Waals surface area contributed by atoms with Crippen LogP contribution >= 0.6 is 11.3 Å². The zero-order chi connectivity index (χ0) is 15.0. The third-order valence-corrected chi connectivity index (χ3v) is 4.19. The van der Waals surface area contributed by atoms with Gasteiger partial charge < -0.3 is 9.67 Å². The molecule has 0 saturated heterocycles. The number of benzene rings is 1. The average Bonchev–Trinajstić information content (AvgIpc) is 3.06. The predicted octanol–water partition coefficient (Wildman–Crippen LogP) is 3.36.